The van der Waals surface area contributed by atoms with Crippen molar-refractivity contribution in [3.8, 4) is 5.75 Å². The molecule has 1 aromatic carbocycles. The molecule has 2 rings (SSSR count). The topological polar surface area (TPSA) is 35.2 Å². The molecule has 1 aliphatic heterocycles. The Morgan fingerprint density at radius 1 is 1.50 bits per heavy atom. The summed E-state index contributed by atoms with van der Waals surface area (Å²) >= 11 is 3.41. The lowest BCUT2D eigenvalue weighted by Gasteiger charge is -2.22. The molecule has 0 saturated carbocycles. The summed E-state index contributed by atoms with van der Waals surface area (Å²) in [6.07, 6.45) is 0.906. The standard InChI is InChI=1S/C9H10BrNO/c10-6-1-2-9-7(5-6)8(11)3-4-12-9/h1-2,5,8H,3-4,11H2/t8-/m1/s1. The van der Waals surface area contributed by atoms with Crippen molar-refractivity contribution in [2.24, 2.45) is 5.73 Å². The van der Waals surface area contributed by atoms with E-state index in [0.717, 1.165) is 28.8 Å². The Bertz CT molecular complexity index is 301. The van der Waals surface area contributed by atoms with Crippen LogP contribution in [-0.2, 0) is 0 Å². The van der Waals surface area contributed by atoms with Gasteiger partial charge in [0.1, 0.15) is 5.75 Å². The normalized spacial score (nSPS) is 21.3. The van der Waals surface area contributed by atoms with Crippen molar-refractivity contribution in [3.63, 3.8) is 0 Å². The molecule has 2 nitrogen and oxygen atoms in total. The van der Waals surface area contributed by atoms with Crippen LogP contribution in [0.5, 0.6) is 5.75 Å². The molecule has 0 aromatic heterocycles. The Kier molecular flexibility index (Phi) is 2.07. The molecule has 64 valence electrons. The summed E-state index contributed by atoms with van der Waals surface area (Å²) in [6, 6.07) is 6.08. The maximum absolute atomic E-state index is 5.91. The van der Waals surface area contributed by atoms with Gasteiger partial charge in [-0.05, 0) is 18.2 Å². The highest BCUT2D eigenvalue weighted by Crippen LogP contribution is 2.32. The van der Waals surface area contributed by atoms with Gasteiger partial charge in [-0.2, -0.15) is 0 Å². The van der Waals surface area contributed by atoms with Crippen LogP contribution in [0.2, 0.25) is 0 Å². The molecule has 3 heteroatoms. The summed E-state index contributed by atoms with van der Waals surface area (Å²) in [4.78, 5) is 0. The lowest BCUT2D eigenvalue weighted by molar-refractivity contribution is 0.269. The molecule has 0 fully saturated rings. The Balaban J connectivity index is 2.47. The van der Waals surface area contributed by atoms with E-state index in [1.54, 1.807) is 0 Å². The number of fused-ring (bicyclic) bond motifs is 1. The lowest BCUT2D eigenvalue weighted by Crippen LogP contribution is -2.20. The molecule has 2 N–H and O–H groups in total. The van der Waals surface area contributed by atoms with E-state index in [4.69, 9.17) is 10.5 Å². The summed E-state index contributed by atoms with van der Waals surface area (Å²) in [5.74, 6) is 0.928. The summed E-state index contributed by atoms with van der Waals surface area (Å²) < 4.78 is 6.51. The molecule has 1 aromatic rings. The second kappa shape index (κ2) is 3.07. The van der Waals surface area contributed by atoms with Crippen molar-refractivity contribution in [3.05, 3.63) is 28.2 Å². The molecule has 0 amide bonds. The third kappa shape index (κ3) is 1.34. The molecule has 0 radical (unpaired) electrons. The minimum Gasteiger partial charge on any atom is -0.493 e. The predicted molar refractivity (Wildman–Crippen MR) is 51.2 cm³/mol. The first-order valence-corrected chi connectivity index (χ1v) is 4.74. The zero-order chi connectivity index (χ0) is 8.55. The van der Waals surface area contributed by atoms with Gasteiger partial charge in [-0.25, -0.2) is 0 Å². The van der Waals surface area contributed by atoms with Crippen molar-refractivity contribution < 1.29 is 4.74 Å². The van der Waals surface area contributed by atoms with E-state index in [2.05, 4.69) is 15.9 Å². The largest absolute Gasteiger partial charge is 0.493 e. The highest BCUT2D eigenvalue weighted by atomic mass is 79.9. The molecule has 1 heterocycles. The van der Waals surface area contributed by atoms with Crippen molar-refractivity contribution in [1.29, 1.82) is 0 Å². The summed E-state index contributed by atoms with van der Waals surface area (Å²) in [6.45, 7) is 0.732. The van der Waals surface area contributed by atoms with Crippen LogP contribution in [0.15, 0.2) is 22.7 Å². The maximum Gasteiger partial charge on any atom is 0.124 e. The molecule has 0 saturated heterocycles. The van der Waals surface area contributed by atoms with Gasteiger partial charge in [-0.15, -0.1) is 0 Å². The SMILES string of the molecule is N[C@@H]1CCOc2ccc(Br)cc21. The van der Waals surface area contributed by atoms with Gasteiger partial charge in [0.25, 0.3) is 0 Å². The van der Waals surface area contributed by atoms with E-state index in [-0.39, 0.29) is 6.04 Å². The number of nitrogens with two attached hydrogens (primary N) is 1. The number of hydrogen-bond donors (Lipinski definition) is 1. The quantitative estimate of drug-likeness (QED) is 0.738. The molecule has 0 spiro atoms. The number of benzene rings is 1. The van der Waals surface area contributed by atoms with Crippen LogP contribution >= 0.6 is 15.9 Å². The molecule has 1 atom stereocenters. The molecule has 0 unspecified atom stereocenters. The van der Waals surface area contributed by atoms with Crippen LogP contribution < -0.4 is 10.5 Å². The van der Waals surface area contributed by atoms with Gasteiger partial charge >= 0.3 is 0 Å². The van der Waals surface area contributed by atoms with Gasteiger partial charge in [-0.3, -0.25) is 0 Å². The van der Waals surface area contributed by atoms with Crippen molar-refractivity contribution >= 4 is 15.9 Å². The second-order valence-corrected chi connectivity index (χ2v) is 3.84. The van der Waals surface area contributed by atoms with E-state index in [1.165, 1.54) is 0 Å². The first-order valence-electron chi connectivity index (χ1n) is 3.95. The third-order valence-corrected chi connectivity index (χ3v) is 2.55. The van der Waals surface area contributed by atoms with Crippen LogP contribution in [0.4, 0.5) is 0 Å². The van der Waals surface area contributed by atoms with E-state index >= 15 is 0 Å². The monoisotopic (exact) mass is 227 g/mol. The molecule has 12 heavy (non-hydrogen) atoms. The van der Waals surface area contributed by atoms with E-state index in [0.29, 0.717) is 0 Å². The number of hydrogen-bond acceptors (Lipinski definition) is 2. The Morgan fingerprint density at radius 3 is 3.17 bits per heavy atom. The Morgan fingerprint density at radius 2 is 2.33 bits per heavy atom. The van der Waals surface area contributed by atoms with Gasteiger partial charge < -0.3 is 10.5 Å². The minimum atomic E-state index is 0.131. The molecule has 1 aliphatic rings. The summed E-state index contributed by atoms with van der Waals surface area (Å²) in [5.41, 5.74) is 7.02. The minimum absolute atomic E-state index is 0.131. The van der Waals surface area contributed by atoms with E-state index in [1.807, 2.05) is 18.2 Å². The highest BCUT2D eigenvalue weighted by Gasteiger charge is 2.17. The fourth-order valence-corrected chi connectivity index (χ4v) is 1.77. The van der Waals surface area contributed by atoms with Gasteiger partial charge in [0, 0.05) is 22.5 Å². The average molecular weight is 228 g/mol. The van der Waals surface area contributed by atoms with Crippen molar-refractivity contribution in [2.75, 3.05) is 6.61 Å². The van der Waals surface area contributed by atoms with E-state index in [9.17, 15) is 0 Å². The Hall–Kier alpha value is -0.540. The summed E-state index contributed by atoms with van der Waals surface area (Å²) in [5, 5.41) is 0. The average Bonchev–Trinajstić information content (AvgIpc) is 2.07. The molecule has 0 bridgehead atoms. The number of ether oxygens (including phenoxy) is 1. The van der Waals surface area contributed by atoms with Crippen LogP contribution in [0.1, 0.15) is 18.0 Å². The van der Waals surface area contributed by atoms with Crippen LogP contribution in [-0.4, -0.2) is 6.61 Å². The van der Waals surface area contributed by atoms with Crippen molar-refractivity contribution in [2.45, 2.75) is 12.5 Å². The second-order valence-electron chi connectivity index (χ2n) is 2.93. The molecule has 0 aliphatic carbocycles. The predicted octanol–water partition coefficient (Wildman–Crippen LogP) is 2.23. The molecular weight excluding hydrogens is 218 g/mol. The zero-order valence-electron chi connectivity index (χ0n) is 6.59. The fourth-order valence-electron chi connectivity index (χ4n) is 1.39. The molecular formula is C9H10BrNO. The highest BCUT2D eigenvalue weighted by molar-refractivity contribution is 9.10. The van der Waals surface area contributed by atoms with E-state index < -0.39 is 0 Å². The van der Waals surface area contributed by atoms with Gasteiger partial charge in [0.2, 0.25) is 0 Å². The first kappa shape index (κ1) is 8.08. The fraction of sp³-hybridized carbons (Fsp3) is 0.333. The smallest absolute Gasteiger partial charge is 0.124 e. The third-order valence-electron chi connectivity index (χ3n) is 2.06. The van der Waals surface area contributed by atoms with Crippen LogP contribution in [0.25, 0.3) is 0 Å². The van der Waals surface area contributed by atoms with Crippen LogP contribution in [0, 0.1) is 0 Å². The van der Waals surface area contributed by atoms with Gasteiger partial charge in [0.15, 0.2) is 0 Å². The maximum atomic E-state index is 5.91. The van der Waals surface area contributed by atoms with Gasteiger partial charge in [0.05, 0.1) is 6.61 Å². The zero-order valence-corrected chi connectivity index (χ0v) is 8.17. The van der Waals surface area contributed by atoms with Crippen LogP contribution in [0.3, 0.4) is 0 Å². The number of halogens is 1. The lowest BCUT2D eigenvalue weighted by atomic mass is 10.0. The number of rotatable bonds is 0. The van der Waals surface area contributed by atoms with Gasteiger partial charge in [-0.1, -0.05) is 15.9 Å². The summed E-state index contributed by atoms with van der Waals surface area (Å²) in [7, 11) is 0. The first-order chi connectivity index (χ1) is 5.77. The Labute approximate surface area is 79.8 Å². The van der Waals surface area contributed by atoms with Crippen molar-refractivity contribution in [1.82, 2.24) is 0 Å².